The van der Waals surface area contributed by atoms with Crippen LogP contribution in [0.15, 0.2) is 24.3 Å². The second-order valence-corrected chi connectivity index (χ2v) is 14.1. The van der Waals surface area contributed by atoms with E-state index in [0.717, 1.165) is 4.90 Å². The number of alkyl carbamates (subject to hydrolysis) is 1. The van der Waals surface area contributed by atoms with Gasteiger partial charge >= 0.3 is 20.0 Å². The zero-order chi connectivity index (χ0) is 29.7. The molecule has 38 heavy (non-hydrogen) atoms. The molecule has 0 aliphatic rings. The van der Waals surface area contributed by atoms with E-state index < -0.39 is 48.4 Å². The number of phosphoric acid groups is 1. The van der Waals surface area contributed by atoms with Gasteiger partial charge in [0.15, 0.2) is 0 Å². The molecule has 11 nitrogen and oxygen atoms in total. The van der Waals surface area contributed by atoms with E-state index >= 15 is 0 Å². The number of benzene rings is 1. The summed E-state index contributed by atoms with van der Waals surface area (Å²) >= 11 is 0. The average Bonchev–Trinajstić information content (AvgIpc) is 2.60. The summed E-state index contributed by atoms with van der Waals surface area (Å²) in [4.78, 5) is 26.2. The summed E-state index contributed by atoms with van der Waals surface area (Å²) in [7, 11) is -3.99. The van der Waals surface area contributed by atoms with Crippen molar-refractivity contribution in [1.82, 2.24) is 5.32 Å². The Labute approximate surface area is 226 Å². The predicted octanol–water partition coefficient (Wildman–Crippen LogP) is 7.14. The lowest BCUT2D eigenvalue weighted by atomic mass is 10.2. The van der Waals surface area contributed by atoms with Gasteiger partial charge in [0.05, 0.1) is 23.5 Å². The van der Waals surface area contributed by atoms with Crippen molar-refractivity contribution in [3.05, 3.63) is 29.8 Å². The number of nitrogens with zero attached hydrogens (tertiary/aromatic N) is 1. The van der Waals surface area contributed by atoms with Crippen molar-refractivity contribution >= 4 is 31.7 Å². The molecule has 216 valence electrons. The fourth-order valence-electron chi connectivity index (χ4n) is 2.77. The van der Waals surface area contributed by atoms with Gasteiger partial charge in [0.2, 0.25) is 5.96 Å². The highest BCUT2D eigenvalue weighted by atomic mass is 31.2. The molecule has 0 atom stereocenters. The minimum absolute atomic E-state index is 0.188. The highest BCUT2D eigenvalue weighted by Gasteiger charge is 2.37. The summed E-state index contributed by atoms with van der Waals surface area (Å²) < 4.78 is 41.0. The van der Waals surface area contributed by atoms with Gasteiger partial charge in [-0.25, -0.2) is 19.1 Å². The summed E-state index contributed by atoms with van der Waals surface area (Å²) in [5, 5.41) is 10.7. The SMILES string of the molecule is CC(C)(C)OC(=O)NC(=N)N(C(=O)OC(C)(C)C)c1cccc(COP(=O)(OC(C)(C)C)OC(C)(C)C)c1. The number of nitrogens with one attached hydrogen (secondary N) is 2. The maximum Gasteiger partial charge on any atom is 0.476 e. The van der Waals surface area contributed by atoms with Crippen molar-refractivity contribution in [2.24, 2.45) is 0 Å². The third-order valence-electron chi connectivity index (χ3n) is 3.75. The number of ether oxygens (including phenoxy) is 2. The fraction of sp³-hybridized carbons (Fsp3) is 0.654. The van der Waals surface area contributed by atoms with Gasteiger partial charge in [-0.1, -0.05) is 12.1 Å². The second-order valence-electron chi connectivity index (χ2n) is 12.6. The van der Waals surface area contributed by atoms with E-state index in [1.807, 2.05) is 0 Å². The topological polar surface area (TPSA) is 136 Å². The number of hydrogen-bond acceptors (Lipinski definition) is 9. The number of carbonyl (C=O) groups excluding carboxylic acids is 2. The van der Waals surface area contributed by atoms with E-state index in [1.54, 1.807) is 101 Å². The molecule has 2 amide bonds. The van der Waals surface area contributed by atoms with Gasteiger partial charge in [-0.2, -0.15) is 0 Å². The predicted molar refractivity (Wildman–Crippen MR) is 146 cm³/mol. The summed E-state index contributed by atoms with van der Waals surface area (Å²) in [6.07, 6.45) is -1.80. The van der Waals surface area contributed by atoms with Crippen molar-refractivity contribution < 1.29 is 37.2 Å². The molecule has 12 heteroatoms. The van der Waals surface area contributed by atoms with Gasteiger partial charge in [0, 0.05) is 0 Å². The first-order valence-electron chi connectivity index (χ1n) is 12.2. The minimum atomic E-state index is -3.99. The molecule has 0 fully saturated rings. The summed E-state index contributed by atoms with van der Waals surface area (Å²) in [6.45, 7) is 20.3. The molecule has 0 saturated heterocycles. The van der Waals surface area contributed by atoms with Gasteiger partial charge in [0.25, 0.3) is 0 Å². The number of rotatable bonds is 6. The van der Waals surface area contributed by atoms with Crippen LogP contribution < -0.4 is 10.2 Å². The number of hydrogen-bond donors (Lipinski definition) is 2. The van der Waals surface area contributed by atoms with Crippen LogP contribution in [0.25, 0.3) is 0 Å². The van der Waals surface area contributed by atoms with Crippen LogP contribution in [0.5, 0.6) is 0 Å². The van der Waals surface area contributed by atoms with Gasteiger partial charge in [-0.15, -0.1) is 0 Å². The average molecular weight is 558 g/mol. The van der Waals surface area contributed by atoms with Gasteiger partial charge < -0.3 is 9.47 Å². The van der Waals surface area contributed by atoms with Crippen molar-refractivity contribution in [3.8, 4) is 0 Å². The molecule has 0 spiro atoms. The van der Waals surface area contributed by atoms with Crippen LogP contribution in [0.2, 0.25) is 0 Å². The fourth-order valence-corrected chi connectivity index (χ4v) is 4.56. The Morgan fingerprint density at radius 1 is 0.842 bits per heavy atom. The normalized spacial score (nSPS) is 13.1. The first kappa shape index (κ1) is 33.6. The van der Waals surface area contributed by atoms with Gasteiger partial charge in [0.1, 0.15) is 11.2 Å². The van der Waals surface area contributed by atoms with Crippen LogP contribution in [-0.2, 0) is 34.2 Å². The van der Waals surface area contributed by atoms with E-state index in [1.165, 1.54) is 6.07 Å². The van der Waals surface area contributed by atoms with E-state index in [-0.39, 0.29) is 12.3 Å². The highest BCUT2D eigenvalue weighted by molar-refractivity contribution is 7.48. The molecule has 1 aromatic carbocycles. The molecule has 0 aliphatic carbocycles. The van der Waals surface area contributed by atoms with Crippen molar-refractivity contribution in [2.45, 2.75) is 112 Å². The summed E-state index contributed by atoms with van der Waals surface area (Å²) in [5.74, 6) is -0.579. The Bertz CT molecular complexity index is 1030. The zero-order valence-corrected chi connectivity index (χ0v) is 25.6. The van der Waals surface area contributed by atoms with Crippen molar-refractivity contribution in [1.29, 1.82) is 5.41 Å². The quantitative estimate of drug-likeness (QED) is 0.214. The van der Waals surface area contributed by atoms with Crippen molar-refractivity contribution in [3.63, 3.8) is 0 Å². The summed E-state index contributed by atoms with van der Waals surface area (Å²) in [5.41, 5.74) is -2.60. The number of anilines is 1. The van der Waals surface area contributed by atoms with Crippen LogP contribution in [0.1, 0.15) is 88.6 Å². The molecule has 1 aromatic rings. The maximum absolute atomic E-state index is 13.4. The Kier molecular flexibility index (Phi) is 10.7. The van der Waals surface area contributed by atoms with Crippen LogP contribution in [0, 0.1) is 5.41 Å². The van der Waals surface area contributed by atoms with Gasteiger partial charge in [-0.05, 0) is 101 Å². The molecule has 0 radical (unpaired) electrons. The number of amides is 2. The lowest BCUT2D eigenvalue weighted by Gasteiger charge is -2.31. The van der Waals surface area contributed by atoms with E-state index in [9.17, 15) is 14.2 Å². The third kappa shape index (κ3) is 13.4. The molecule has 0 unspecified atom stereocenters. The Balaban J connectivity index is 3.29. The molecule has 0 aromatic heterocycles. The monoisotopic (exact) mass is 557 g/mol. The molecule has 0 heterocycles. The molecule has 1 rings (SSSR count). The number of guanidine groups is 1. The molecule has 2 N–H and O–H groups in total. The molecule has 0 bridgehead atoms. The second kappa shape index (κ2) is 12.2. The van der Waals surface area contributed by atoms with E-state index in [4.69, 9.17) is 28.5 Å². The lowest BCUT2D eigenvalue weighted by molar-refractivity contribution is 0.000761. The standard InChI is InChI=1S/C26H44N3O8P/c1-23(2,3)34-21(30)28-20(27)29(22(31)35-24(4,5)6)19-15-13-14-18(16-19)17-33-38(32,36-25(7,8)9)37-26(10,11)12/h13-16H,17H2,1-12H3,(H2,27,28,30). The molecular formula is C26H44N3O8P. The van der Waals surface area contributed by atoms with Gasteiger partial charge in [-0.3, -0.25) is 24.3 Å². The number of carbonyl (C=O) groups is 2. The van der Waals surface area contributed by atoms with E-state index in [0.29, 0.717) is 5.56 Å². The van der Waals surface area contributed by atoms with Crippen LogP contribution >= 0.6 is 7.82 Å². The van der Waals surface area contributed by atoms with Crippen LogP contribution in [-0.4, -0.2) is 40.6 Å². The van der Waals surface area contributed by atoms with Crippen molar-refractivity contribution in [2.75, 3.05) is 4.90 Å². The Hall–Kier alpha value is -2.46. The maximum atomic E-state index is 13.4. The third-order valence-corrected chi connectivity index (χ3v) is 5.74. The first-order chi connectivity index (χ1) is 16.9. The number of phosphoric ester groups is 1. The lowest BCUT2D eigenvalue weighted by Crippen LogP contribution is -2.49. The smallest absolute Gasteiger partial charge is 0.444 e. The Morgan fingerprint density at radius 3 is 1.79 bits per heavy atom. The zero-order valence-electron chi connectivity index (χ0n) is 24.7. The highest BCUT2D eigenvalue weighted by Crippen LogP contribution is 2.55. The van der Waals surface area contributed by atoms with Crippen LogP contribution in [0.4, 0.5) is 15.3 Å². The molecular weight excluding hydrogens is 513 g/mol. The summed E-state index contributed by atoms with van der Waals surface area (Å²) in [6, 6.07) is 6.38. The Morgan fingerprint density at radius 2 is 1.34 bits per heavy atom. The first-order valence-corrected chi connectivity index (χ1v) is 13.7. The molecule has 0 aliphatic heterocycles. The minimum Gasteiger partial charge on any atom is -0.444 e. The molecule has 0 saturated carbocycles. The van der Waals surface area contributed by atoms with Crippen LogP contribution in [0.3, 0.4) is 0 Å². The van der Waals surface area contributed by atoms with E-state index in [2.05, 4.69) is 5.32 Å². The largest absolute Gasteiger partial charge is 0.476 e.